The summed E-state index contributed by atoms with van der Waals surface area (Å²) in [7, 11) is 0. The van der Waals surface area contributed by atoms with Gasteiger partial charge in [-0.25, -0.2) is 10.2 Å². The van der Waals surface area contributed by atoms with E-state index in [4.69, 9.17) is 14.3 Å². The van der Waals surface area contributed by atoms with Crippen LogP contribution in [0.4, 0.5) is 0 Å². The quantitative estimate of drug-likeness (QED) is 0.280. The number of nitrogens with zero attached hydrogens (tertiary/aromatic N) is 2. The molecule has 32 heavy (non-hydrogen) atoms. The van der Waals surface area contributed by atoms with E-state index in [9.17, 15) is 9.59 Å². The second kappa shape index (κ2) is 9.52. The molecule has 2 N–H and O–H groups in total. The summed E-state index contributed by atoms with van der Waals surface area (Å²) in [5.41, 5.74) is 4.17. The number of rotatable bonds is 8. The molecule has 0 unspecified atom stereocenters. The number of benzene rings is 2. The summed E-state index contributed by atoms with van der Waals surface area (Å²) < 4.78 is 13.6. The Balaban J connectivity index is 1.43. The van der Waals surface area contributed by atoms with Crippen LogP contribution >= 0.6 is 15.9 Å². The van der Waals surface area contributed by atoms with E-state index in [1.165, 1.54) is 6.07 Å². The second-order valence-electron chi connectivity index (χ2n) is 6.84. The van der Waals surface area contributed by atoms with Gasteiger partial charge in [-0.05, 0) is 42.5 Å². The smallest absolute Gasteiger partial charge is 0.371 e. The number of carboxylic acids is 1. The number of halogens is 1. The number of aromatic carboxylic acids is 1. The maximum atomic E-state index is 12.0. The number of carbonyl (C=O) groups excluding carboxylic acids is 1. The van der Waals surface area contributed by atoms with Gasteiger partial charge in [0.1, 0.15) is 11.5 Å². The number of furan rings is 1. The molecule has 4 aromatic rings. The van der Waals surface area contributed by atoms with Crippen molar-refractivity contribution in [3.63, 3.8) is 0 Å². The normalized spacial score (nSPS) is 11.2. The molecule has 0 atom stereocenters. The molecule has 0 saturated heterocycles. The van der Waals surface area contributed by atoms with E-state index in [1.54, 1.807) is 24.4 Å². The molecule has 2 aromatic carbocycles. The third kappa shape index (κ3) is 5.06. The van der Waals surface area contributed by atoms with Gasteiger partial charge in [0, 0.05) is 27.1 Å². The second-order valence-corrected chi connectivity index (χ2v) is 7.75. The van der Waals surface area contributed by atoms with Gasteiger partial charge in [-0.3, -0.25) is 4.79 Å². The van der Waals surface area contributed by atoms with Crippen molar-refractivity contribution in [2.24, 2.45) is 5.10 Å². The van der Waals surface area contributed by atoms with E-state index >= 15 is 0 Å². The van der Waals surface area contributed by atoms with Crippen molar-refractivity contribution in [2.75, 3.05) is 6.61 Å². The molecule has 9 heteroatoms. The monoisotopic (exact) mass is 495 g/mol. The van der Waals surface area contributed by atoms with Gasteiger partial charge in [0.05, 0.1) is 12.8 Å². The molecule has 4 rings (SSSR count). The number of aromatic nitrogens is 1. The van der Waals surface area contributed by atoms with E-state index in [1.807, 2.05) is 47.2 Å². The first-order valence-corrected chi connectivity index (χ1v) is 10.4. The van der Waals surface area contributed by atoms with Crippen molar-refractivity contribution in [3.05, 3.63) is 88.4 Å². The highest BCUT2D eigenvalue weighted by molar-refractivity contribution is 9.10. The SMILES string of the molecule is O=C(COc1ccc(Br)cc1)N/N=C\c1cn(Cc2ccc(C(=O)O)o2)c2ccccc12. The Morgan fingerprint density at radius 3 is 2.66 bits per heavy atom. The number of amides is 1. The van der Waals surface area contributed by atoms with Crippen LogP contribution in [0.1, 0.15) is 21.9 Å². The molecule has 0 fully saturated rings. The molecule has 162 valence electrons. The highest BCUT2D eigenvalue weighted by atomic mass is 79.9. The standard InChI is InChI=1S/C23H18BrN3O5/c24-16-5-7-17(8-6-16)31-14-22(28)26-25-11-15-12-27(20-4-2-1-3-19(15)20)13-18-9-10-21(32-18)23(29)30/h1-12H,13-14H2,(H,26,28)(H,29,30)/b25-11-. The summed E-state index contributed by atoms with van der Waals surface area (Å²) >= 11 is 3.34. The summed E-state index contributed by atoms with van der Waals surface area (Å²) in [5, 5.41) is 14.0. The van der Waals surface area contributed by atoms with Crippen molar-refractivity contribution >= 4 is 44.9 Å². The minimum atomic E-state index is -1.11. The third-order valence-corrected chi connectivity index (χ3v) is 5.12. The van der Waals surface area contributed by atoms with E-state index in [-0.39, 0.29) is 18.3 Å². The maximum absolute atomic E-state index is 12.0. The van der Waals surface area contributed by atoms with Gasteiger partial charge in [0.15, 0.2) is 6.61 Å². The zero-order valence-electron chi connectivity index (χ0n) is 16.7. The number of hydrogen-bond donors (Lipinski definition) is 2. The van der Waals surface area contributed by atoms with E-state index < -0.39 is 5.97 Å². The Hall–Kier alpha value is -3.85. The van der Waals surface area contributed by atoms with Gasteiger partial charge in [-0.1, -0.05) is 34.1 Å². The maximum Gasteiger partial charge on any atom is 0.371 e. The van der Waals surface area contributed by atoms with Crippen LogP contribution in [0.3, 0.4) is 0 Å². The number of hydrazone groups is 1. The van der Waals surface area contributed by atoms with Crippen LogP contribution in [0.2, 0.25) is 0 Å². The lowest BCUT2D eigenvalue weighted by molar-refractivity contribution is -0.123. The molecule has 0 bridgehead atoms. The van der Waals surface area contributed by atoms with Crippen LogP contribution in [-0.4, -0.2) is 34.4 Å². The van der Waals surface area contributed by atoms with Crippen LogP contribution in [-0.2, 0) is 11.3 Å². The van der Waals surface area contributed by atoms with Crippen molar-refractivity contribution in [2.45, 2.75) is 6.54 Å². The van der Waals surface area contributed by atoms with Gasteiger partial charge in [-0.15, -0.1) is 0 Å². The lowest BCUT2D eigenvalue weighted by atomic mass is 10.2. The first kappa shape index (κ1) is 21.4. The third-order valence-electron chi connectivity index (χ3n) is 4.59. The van der Waals surface area contributed by atoms with Gasteiger partial charge in [0.2, 0.25) is 5.76 Å². The largest absolute Gasteiger partial charge is 0.484 e. The molecule has 2 aromatic heterocycles. The molecule has 0 aliphatic rings. The topological polar surface area (TPSA) is 106 Å². The zero-order chi connectivity index (χ0) is 22.5. The predicted octanol–water partition coefficient (Wildman–Crippen LogP) is 4.27. The summed E-state index contributed by atoms with van der Waals surface area (Å²) in [6.45, 7) is 0.195. The number of para-hydroxylation sites is 1. The molecule has 0 saturated carbocycles. The molecular formula is C23H18BrN3O5. The van der Waals surface area contributed by atoms with Gasteiger partial charge in [-0.2, -0.15) is 5.10 Å². The van der Waals surface area contributed by atoms with E-state index in [0.717, 1.165) is 20.9 Å². The zero-order valence-corrected chi connectivity index (χ0v) is 18.3. The Morgan fingerprint density at radius 2 is 1.91 bits per heavy atom. The first-order valence-electron chi connectivity index (χ1n) is 9.60. The summed E-state index contributed by atoms with van der Waals surface area (Å²) in [4.78, 5) is 23.0. The fourth-order valence-corrected chi connectivity index (χ4v) is 3.40. The lowest BCUT2D eigenvalue weighted by Crippen LogP contribution is -2.24. The number of nitrogens with one attached hydrogen (secondary N) is 1. The van der Waals surface area contributed by atoms with E-state index in [0.29, 0.717) is 18.1 Å². The molecule has 2 heterocycles. The summed E-state index contributed by atoms with van der Waals surface area (Å²) in [6.07, 6.45) is 3.42. The molecule has 0 aliphatic carbocycles. The van der Waals surface area contributed by atoms with Crippen molar-refractivity contribution in [1.82, 2.24) is 9.99 Å². The van der Waals surface area contributed by atoms with Gasteiger partial charge in [0.25, 0.3) is 5.91 Å². The highest BCUT2D eigenvalue weighted by Crippen LogP contribution is 2.22. The van der Waals surface area contributed by atoms with E-state index in [2.05, 4.69) is 26.5 Å². The van der Waals surface area contributed by atoms with Crippen LogP contribution < -0.4 is 10.2 Å². The Labute approximate surface area is 191 Å². The van der Waals surface area contributed by atoms with Crippen LogP contribution in [0.5, 0.6) is 5.75 Å². The fourth-order valence-electron chi connectivity index (χ4n) is 3.14. The Morgan fingerprint density at radius 1 is 1.12 bits per heavy atom. The summed E-state index contributed by atoms with van der Waals surface area (Å²) in [6, 6.07) is 17.9. The molecule has 0 aliphatic heterocycles. The minimum absolute atomic E-state index is 0.105. The fraction of sp³-hybridized carbons (Fsp3) is 0.0870. The number of carboxylic acid groups (broad SMARTS) is 1. The van der Waals surface area contributed by atoms with Crippen molar-refractivity contribution < 1.29 is 23.8 Å². The molecule has 8 nitrogen and oxygen atoms in total. The van der Waals surface area contributed by atoms with Crippen molar-refractivity contribution in [1.29, 1.82) is 0 Å². The average molecular weight is 496 g/mol. The predicted molar refractivity (Wildman–Crippen MR) is 122 cm³/mol. The number of hydrogen-bond acceptors (Lipinski definition) is 5. The molecule has 0 radical (unpaired) electrons. The minimum Gasteiger partial charge on any atom is -0.484 e. The number of fused-ring (bicyclic) bond motifs is 1. The molecule has 1 amide bonds. The average Bonchev–Trinajstić information content (AvgIpc) is 3.39. The molecular weight excluding hydrogens is 478 g/mol. The summed E-state index contributed by atoms with van der Waals surface area (Å²) in [5.74, 6) is -0.498. The van der Waals surface area contributed by atoms with Crippen LogP contribution in [0, 0.1) is 0 Å². The molecule has 0 spiro atoms. The van der Waals surface area contributed by atoms with Crippen LogP contribution in [0.15, 0.2) is 80.9 Å². The number of ether oxygens (including phenoxy) is 1. The van der Waals surface area contributed by atoms with Gasteiger partial charge < -0.3 is 18.8 Å². The Kier molecular flexibility index (Phi) is 6.37. The van der Waals surface area contributed by atoms with Crippen LogP contribution in [0.25, 0.3) is 10.9 Å². The van der Waals surface area contributed by atoms with Gasteiger partial charge >= 0.3 is 5.97 Å². The van der Waals surface area contributed by atoms with Crippen molar-refractivity contribution in [3.8, 4) is 5.75 Å². The highest BCUT2D eigenvalue weighted by Gasteiger charge is 2.12. The lowest BCUT2D eigenvalue weighted by Gasteiger charge is -2.04. The Bertz CT molecular complexity index is 1290. The number of carbonyl (C=O) groups is 2. The first-order chi connectivity index (χ1) is 15.5.